The van der Waals surface area contributed by atoms with Crippen molar-refractivity contribution in [1.29, 1.82) is 0 Å². The van der Waals surface area contributed by atoms with Gasteiger partial charge in [-0.2, -0.15) is 0 Å². The van der Waals surface area contributed by atoms with E-state index in [0.717, 1.165) is 37.7 Å². The van der Waals surface area contributed by atoms with Gasteiger partial charge in [-0.15, -0.1) is 0 Å². The molecule has 1 aliphatic rings. The van der Waals surface area contributed by atoms with Gasteiger partial charge in [-0.05, 0) is 48.4 Å². The Bertz CT molecular complexity index is 955. The molecule has 0 atom stereocenters. The molecule has 1 aliphatic heterocycles. The highest BCUT2D eigenvalue weighted by Crippen LogP contribution is 2.17. The zero-order valence-corrected chi connectivity index (χ0v) is 18.7. The lowest BCUT2D eigenvalue weighted by atomic mass is 10.2. The minimum Gasteiger partial charge on any atom is -0.494 e. The van der Waals surface area contributed by atoms with Gasteiger partial charge in [0.1, 0.15) is 5.75 Å². The van der Waals surface area contributed by atoms with Crippen molar-refractivity contribution in [3.05, 3.63) is 59.1 Å². The fraction of sp³-hybridized carbons (Fsp3) is 0.409. The van der Waals surface area contributed by atoms with Gasteiger partial charge in [-0.3, -0.25) is 9.69 Å². The number of rotatable bonds is 8. The normalized spacial score (nSPS) is 15.2. The van der Waals surface area contributed by atoms with Gasteiger partial charge >= 0.3 is 0 Å². The first-order valence-electron chi connectivity index (χ1n) is 9.99. The summed E-state index contributed by atoms with van der Waals surface area (Å²) >= 11 is 6.05. The monoisotopic (exact) mass is 450 g/mol. The van der Waals surface area contributed by atoms with Gasteiger partial charge in [0, 0.05) is 50.4 Å². The molecule has 0 N–H and O–H groups in total. The van der Waals surface area contributed by atoms with Crippen LogP contribution in [0.25, 0.3) is 0 Å². The van der Waals surface area contributed by atoms with Gasteiger partial charge in [-0.25, -0.2) is 8.42 Å². The number of piperazine rings is 1. The molecule has 0 bridgehead atoms. The Morgan fingerprint density at radius 2 is 1.77 bits per heavy atom. The number of benzene rings is 2. The Morgan fingerprint density at radius 3 is 2.40 bits per heavy atom. The van der Waals surface area contributed by atoms with Gasteiger partial charge in [0.15, 0.2) is 9.84 Å². The second-order valence-corrected chi connectivity index (χ2v) is 9.93. The van der Waals surface area contributed by atoms with Crippen LogP contribution in [0.2, 0.25) is 5.02 Å². The molecule has 1 fully saturated rings. The summed E-state index contributed by atoms with van der Waals surface area (Å²) in [6.45, 7) is 4.41. The Balaban J connectivity index is 1.35. The first-order chi connectivity index (χ1) is 14.3. The molecule has 30 heavy (non-hydrogen) atoms. The standard InChI is InChI=1S/C22H27ClN2O4S/c1-30(27,28)21-9-7-20(8-10-21)29-15-3-6-22(26)25-13-11-24(12-14-25)17-18-4-2-5-19(23)16-18/h2,4-5,7-10,16H,3,6,11-15,17H2,1H3. The summed E-state index contributed by atoms with van der Waals surface area (Å²) in [5, 5.41) is 0.745. The molecular formula is C22H27ClN2O4S. The highest BCUT2D eigenvalue weighted by molar-refractivity contribution is 7.90. The summed E-state index contributed by atoms with van der Waals surface area (Å²) in [6.07, 6.45) is 2.23. The lowest BCUT2D eigenvalue weighted by Gasteiger charge is -2.34. The first kappa shape index (κ1) is 22.6. The number of nitrogens with zero attached hydrogens (tertiary/aromatic N) is 2. The maximum Gasteiger partial charge on any atom is 0.222 e. The second kappa shape index (κ2) is 10.3. The third-order valence-electron chi connectivity index (χ3n) is 5.08. The van der Waals surface area contributed by atoms with Crippen molar-refractivity contribution in [3.8, 4) is 5.75 Å². The van der Waals surface area contributed by atoms with Crippen LogP contribution in [0.15, 0.2) is 53.4 Å². The number of halogens is 1. The molecule has 3 rings (SSSR count). The van der Waals surface area contributed by atoms with Crippen molar-refractivity contribution in [2.75, 3.05) is 39.0 Å². The number of amides is 1. The molecule has 162 valence electrons. The minimum atomic E-state index is -3.21. The smallest absolute Gasteiger partial charge is 0.222 e. The van der Waals surface area contributed by atoms with E-state index in [4.69, 9.17) is 16.3 Å². The van der Waals surface area contributed by atoms with Crippen molar-refractivity contribution in [2.45, 2.75) is 24.3 Å². The fourth-order valence-corrected chi connectivity index (χ4v) is 4.25. The summed E-state index contributed by atoms with van der Waals surface area (Å²) in [4.78, 5) is 16.9. The summed E-state index contributed by atoms with van der Waals surface area (Å²) in [5.41, 5.74) is 1.18. The van der Waals surface area contributed by atoms with Crippen LogP contribution in [0.4, 0.5) is 0 Å². The summed E-state index contributed by atoms with van der Waals surface area (Å²) in [6, 6.07) is 14.2. The molecule has 0 radical (unpaired) electrons. The Kier molecular flexibility index (Phi) is 7.75. The molecule has 1 heterocycles. The third kappa shape index (κ3) is 6.72. The maximum atomic E-state index is 12.4. The topological polar surface area (TPSA) is 66.9 Å². The molecule has 1 amide bonds. The van der Waals surface area contributed by atoms with E-state index in [0.29, 0.717) is 25.2 Å². The lowest BCUT2D eigenvalue weighted by molar-refractivity contribution is -0.133. The minimum absolute atomic E-state index is 0.147. The van der Waals surface area contributed by atoms with E-state index >= 15 is 0 Å². The molecule has 0 saturated carbocycles. The molecule has 2 aromatic rings. The Morgan fingerprint density at radius 1 is 1.07 bits per heavy atom. The molecule has 0 aliphatic carbocycles. The van der Waals surface area contributed by atoms with Crippen molar-refractivity contribution in [1.82, 2.24) is 9.80 Å². The number of carbonyl (C=O) groups excluding carboxylic acids is 1. The maximum absolute atomic E-state index is 12.4. The van der Waals surface area contributed by atoms with Crippen molar-refractivity contribution >= 4 is 27.3 Å². The Hall–Kier alpha value is -2.09. The highest BCUT2D eigenvalue weighted by Gasteiger charge is 2.20. The summed E-state index contributed by atoms with van der Waals surface area (Å²) in [7, 11) is -3.21. The molecule has 0 spiro atoms. The van der Waals surface area contributed by atoms with Crippen molar-refractivity contribution in [3.63, 3.8) is 0 Å². The van der Waals surface area contributed by atoms with Crippen molar-refractivity contribution in [2.24, 2.45) is 0 Å². The zero-order valence-electron chi connectivity index (χ0n) is 17.1. The second-order valence-electron chi connectivity index (χ2n) is 7.48. The van der Waals surface area contributed by atoms with Crippen LogP contribution in [-0.2, 0) is 21.2 Å². The predicted octanol–water partition coefficient (Wildman–Crippen LogP) is 3.25. The quantitative estimate of drug-likeness (QED) is 0.577. The summed E-state index contributed by atoms with van der Waals surface area (Å²) < 4.78 is 28.5. The number of sulfone groups is 1. The van der Waals surface area contributed by atoms with E-state index < -0.39 is 9.84 Å². The van der Waals surface area contributed by atoms with Crippen LogP contribution < -0.4 is 4.74 Å². The van der Waals surface area contributed by atoms with Crippen LogP contribution in [0, 0.1) is 0 Å². The van der Waals surface area contributed by atoms with Gasteiger partial charge in [0.25, 0.3) is 0 Å². The van der Waals surface area contributed by atoms with Crippen LogP contribution in [-0.4, -0.2) is 63.2 Å². The van der Waals surface area contributed by atoms with E-state index in [2.05, 4.69) is 11.0 Å². The highest BCUT2D eigenvalue weighted by atomic mass is 35.5. The van der Waals surface area contributed by atoms with Crippen LogP contribution in [0.3, 0.4) is 0 Å². The lowest BCUT2D eigenvalue weighted by Crippen LogP contribution is -2.48. The third-order valence-corrected chi connectivity index (χ3v) is 6.44. The first-order valence-corrected chi connectivity index (χ1v) is 12.3. The van der Waals surface area contributed by atoms with E-state index in [1.54, 1.807) is 12.1 Å². The van der Waals surface area contributed by atoms with Gasteiger partial charge in [0.05, 0.1) is 11.5 Å². The SMILES string of the molecule is CS(=O)(=O)c1ccc(OCCCC(=O)N2CCN(Cc3cccc(Cl)c3)CC2)cc1. The average Bonchev–Trinajstić information content (AvgIpc) is 2.71. The molecule has 8 heteroatoms. The predicted molar refractivity (Wildman–Crippen MR) is 118 cm³/mol. The number of carbonyl (C=O) groups is 1. The van der Waals surface area contributed by atoms with Crippen LogP contribution >= 0.6 is 11.6 Å². The van der Waals surface area contributed by atoms with E-state index in [-0.39, 0.29) is 10.8 Å². The largest absolute Gasteiger partial charge is 0.494 e. The van der Waals surface area contributed by atoms with E-state index in [1.807, 2.05) is 23.1 Å². The van der Waals surface area contributed by atoms with E-state index in [1.165, 1.54) is 24.0 Å². The van der Waals surface area contributed by atoms with Gasteiger partial charge in [0.2, 0.25) is 5.91 Å². The average molecular weight is 451 g/mol. The number of hydrogen-bond donors (Lipinski definition) is 0. The van der Waals surface area contributed by atoms with E-state index in [9.17, 15) is 13.2 Å². The fourth-order valence-electron chi connectivity index (χ4n) is 3.40. The molecule has 1 saturated heterocycles. The molecule has 6 nitrogen and oxygen atoms in total. The zero-order chi connectivity index (χ0) is 21.6. The van der Waals surface area contributed by atoms with Crippen LogP contribution in [0.1, 0.15) is 18.4 Å². The molecule has 0 unspecified atom stereocenters. The number of ether oxygens (including phenoxy) is 1. The molecule has 2 aromatic carbocycles. The van der Waals surface area contributed by atoms with Crippen molar-refractivity contribution < 1.29 is 17.9 Å². The number of hydrogen-bond acceptors (Lipinski definition) is 5. The summed E-state index contributed by atoms with van der Waals surface area (Å²) in [5.74, 6) is 0.748. The molecular weight excluding hydrogens is 424 g/mol. The van der Waals surface area contributed by atoms with Gasteiger partial charge in [-0.1, -0.05) is 23.7 Å². The van der Waals surface area contributed by atoms with Gasteiger partial charge < -0.3 is 9.64 Å². The Labute approximate surface area is 183 Å². The van der Waals surface area contributed by atoms with Crippen LogP contribution in [0.5, 0.6) is 5.75 Å². The molecule has 0 aromatic heterocycles.